The number of benzene rings is 1. The highest BCUT2D eigenvalue weighted by molar-refractivity contribution is 6.73. The second-order valence-electron chi connectivity index (χ2n) is 10.7. The molecule has 1 fully saturated rings. The van der Waals surface area contributed by atoms with Crippen molar-refractivity contribution < 1.29 is 13.9 Å². The zero-order valence-corrected chi connectivity index (χ0v) is 23.5. The van der Waals surface area contributed by atoms with Gasteiger partial charge in [0.15, 0.2) is 8.32 Å². The van der Waals surface area contributed by atoms with Crippen LogP contribution in [0, 0.1) is 16.6 Å². The monoisotopic (exact) mass is 521 g/mol. The first-order chi connectivity index (χ1) is 17.7. The molecular weight excluding hydrogens is 481 g/mol. The summed E-state index contributed by atoms with van der Waals surface area (Å²) >= 11 is 0. The zero-order chi connectivity index (χ0) is 26.7. The molecule has 3 N–H and O–H groups in total. The Morgan fingerprint density at radius 3 is 2.46 bits per heavy atom. The predicted octanol–water partition coefficient (Wildman–Crippen LogP) is 7.55. The van der Waals surface area contributed by atoms with Crippen molar-refractivity contribution >= 4 is 20.2 Å². The van der Waals surface area contributed by atoms with Crippen LogP contribution >= 0.6 is 0 Å². The van der Waals surface area contributed by atoms with Gasteiger partial charge < -0.3 is 20.3 Å². The standard InChI is InChI=1S/C30H40FN3O2Si/c1-5-37(6-2,7-3)36-30(20-28(35)26-10-8-9-17-33-26)16-15-23-18-27(22(21-32)19-29(23,30)4)34-25-13-11-24(31)12-14-25/h8-14,17-18,21,28,32,34-35H,5-7,15-16,19-20H2,1-4H3/t28?,29-,30+/m0/s1. The van der Waals surface area contributed by atoms with Crippen LogP contribution in [0.5, 0.6) is 0 Å². The quantitative estimate of drug-likeness (QED) is 0.211. The van der Waals surface area contributed by atoms with Gasteiger partial charge in [-0.15, -0.1) is 0 Å². The lowest BCUT2D eigenvalue weighted by molar-refractivity contribution is -0.0619. The van der Waals surface area contributed by atoms with Gasteiger partial charge in [0.2, 0.25) is 0 Å². The van der Waals surface area contributed by atoms with Gasteiger partial charge in [-0.1, -0.05) is 39.3 Å². The smallest absolute Gasteiger partial charge is 0.192 e. The van der Waals surface area contributed by atoms with Crippen molar-refractivity contribution in [3.8, 4) is 0 Å². The molecule has 4 rings (SSSR count). The van der Waals surface area contributed by atoms with Gasteiger partial charge in [-0.2, -0.15) is 0 Å². The van der Waals surface area contributed by atoms with Crippen LogP contribution in [0.4, 0.5) is 10.1 Å². The van der Waals surface area contributed by atoms with E-state index in [9.17, 15) is 9.50 Å². The number of fused-ring (bicyclic) bond motifs is 1. The number of aliphatic hydroxyl groups excluding tert-OH is 1. The number of hydrogen-bond donors (Lipinski definition) is 3. The highest BCUT2D eigenvalue weighted by Crippen LogP contribution is 2.61. The van der Waals surface area contributed by atoms with Gasteiger partial charge in [0.1, 0.15) is 5.82 Å². The van der Waals surface area contributed by atoms with Gasteiger partial charge in [-0.25, -0.2) is 4.39 Å². The molecule has 0 saturated heterocycles. The van der Waals surface area contributed by atoms with E-state index in [0.717, 1.165) is 47.9 Å². The summed E-state index contributed by atoms with van der Waals surface area (Å²) in [6.07, 6.45) is 7.38. The fourth-order valence-electron chi connectivity index (χ4n) is 6.27. The van der Waals surface area contributed by atoms with Crippen LogP contribution in [0.15, 0.2) is 71.6 Å². The minimum atomic E-state index is -2.04. The first-order valence-electron chi connectivity index (χ1n) is 13.5. The van der Waals surface area contributed by atoms with Crippen molar-refractivity contribution in [2.75, 3.05) is 5.32 Å². The molecule has 3 atom stereocenters. The number of nitrogens with one attached hydrogen (secondary N) is 2. The fraction of sp³-hybridized carbons (Fsp3) is 0.467. The van der Waals surface area contributed by atoms with E-state index in [1.54, 1.807) is 18.3 Å². The zero-order valence-electron chi connectivity index (χ0n) is 22.5. The summed E-state index contributed by atoms with van der Waals surface area (Å²) in [5.74, 6) is -0.277. The molecule has 2 aliphatic carbocycles. The van der Waals surface area contributed by atoms with E-state index in [4.69, 9.17) is 9.84 Å². The van der Waals surface area contributed by atoms with Crippen molar-refractivity contribution in [2.45, 2.75) is 83.2 Å². The van der Waals surface area contributed by atoms with E-state index in [0.29, 0.717) is 18.5 Å². The van der Waals surface area contributed by atoms with Crippen LogP contribution in [0.1, 0.15) is 65.2 Å². The molecule has 0 spiro atoms. The van der Waals surface area contributed by atoms with Gasteiger partial charge in [0, 0.05) is 35.6 Å². The SMILES string of the molecule is CC[Si](CC)(CC)O[C@@]1(CC(O)c2ccccn2)CCC2=CC(Nc3ccc(F)cc3)=C(C=N)C[C@@]21C. The van der Waals surface area contributed by atoms with Crippen LogP contribution in [0.2, 0.25) is 18.1 Å². The summed E-state index contributed by atoms with van der Waals surface area (Å²) in [4.78, 5) is 4.44. The number of anilines is 1. The first kappa shape index (κ1) is 27.4. The summed E-state index contributed by atoms with van der Waals surface area (Å²) < 4.78 is 20.9. The molecule has 1 unspecified atom stereocenters. The molecule has 0 amide bonds. The second-order valence-corrected chi connectivity index (χ2v) is 15.4. The van der Waals surface area contributed by atoms with E-state index >= 15 is 0 Å². The Hall–Kier alpha value is -2.61. The summed E-state index contributed by atoms with van der Waals surface area (Å²) in [7, 11) is -2.04. The molecule has 1 saturated carbocycles. The lowest BCUT2D eigenvalue weighted by Gasteiger charge is -2.51. The predicted molar refractivity (Wildman–Crippen MR) is 151 cm³/mol. The Labute approximate surface area is 221 Å². The van der Waals surface area contributed by atoms with Gasteiger partial charge in [-0.3, -0.25) is 4.98 Å². The van der Waals surface area contributed by atoms with Crippen LogP contribution in [0.3, 0.4) is 0 Å². The second kappa shape index (κ2) is 11.0. The van der Waals surface area contributed by atoms with Gasteiger partial charge in [0.05, 0.1) is 17.4 Å². The maximum atomic E-state index is 13.4. The molecule has 37 heavy (non-hydrogen) atoms. The summed E-state index contributed by atoms with van der Waals surface area (Å²) in [5.41, 5.74) is 3.58. The fourth-order valence-corrected chi connectivity index (χ4v) is 9.44. The molecule has 7 heteroatoms. The minimum Gasteiger partial charge on any atom is -0.410 e. The molecule has 0 bridgehead atoms. The van der Waals surface area contributed by atoms with Crippen molar-refractivity contribution in [2.24, 2.45) is 5.41 Å². The van der Waals surface area contributed by atoms with Crippen LogP contribution < -0.4 is 5.32 Å². The Morgan fingerprint density at radius 2 is 1.86 bits per heavy atom. The summed E-state index contributed by atoms with van der Waals surface area (Å²) in [6.45, 7) is 8.98. The van der Waals surface area contributed by atoms with E-state index in [1.807, 2.05) is 18.2 Å². The van der Waals surface area contributed by atoms with Gasteiger partial charge in [-0.05, 0) is 85.4 Å². The van der Waals surface area contributed by atoms with Crippen molar-refractivity contribution in [3.63, 3.8) is 0 Å². The number of nitrogens with zero attached hydrogens (tertiary/aromatic N) is 1. The average molecular weight is 522 g/mol. The molecule has 1 aromatic heterocycles. The first-order valence-corrected chi connectivity index (χ1v) is 16.0. The maximum Gasteiger partial charge on any atom is 0.192 e. The topological polar surface area (TPSA) is 78.2 Å². The normalized spacial score (nSPS) is 24.4. The molecule has 0 radical (unpaired) electrons. The van der Waals surface area contributed by atoms with E-state index in [-0.39, 0.29) is 11.2 Å². The number of pyridine rings is 1. The molecule has 5 nitrogen and oxygen atoms in total. The number of allylic oxidation sites excluding steroid dienone is 2. The Bertz CT molecular complexity index is 1150. The van der Waals surface area contributed by atoms with Crippen molar-refractivity contribution in [3.05, 3.63) is 83.1 Å². The number of hydrogen-bond acceptors (Lipinski definition) is 5. The largest absolute Gasteiger partial charge is 0.410 e. The summed E-state index contributed by atoms with van der Waals surface area (Å²) in [6, 6.07) is 15.0. The van der Waals surface area contributed by atoms with E-state index < -0.39 is 20.0 Å². The van der Waals surface area contributed by atoms with Gasteiger partial charge in [0.25, 0.3) is 0 Å². The Kier molecular flexibility index (Phi) is 8.16. The minimum absolute atomic E-state index is 0.277. The lowest BCUT2D eigenvalue weighted by Crippen LogP contribution is -2.55. The van der Waals surface area contributed by atoms with Crippen LogP contribution in [-0.2, 0) is 4.43 Å². The molecule has 198 valence electrons. The van der Waals surface area contributed by atoms with Crippen LogP contribution in [0.25, 0.3) is 0 Å². The highest BCUT2D eigenvalue weighted by Gasteiger charge is 2.59. The third kappa shape index (κ3) is 5.22. The molecule has 0 aliphatic heterocycles. The Balaban J connectivity index is 1.74. The van der Waals surface area contributed by atoms with Crippen molar-refractivity contribution in [1.29, 1.82) is 5.41 Å². The average Bonchev–Trinajstić information content (AvgIpc) is 3.19. The van der Waals surface area contributed by atoms with Gasteiger partial charge >= 0.3 is 0 Å². The molecular formula is C30H40FN3O2Si. The number of aromatic nitrogens is 1. The maximum absolute atomic E-state index is 13.4. The number of rotatable bonds is 11. The van der Waals surface area contributed by atoms with E-state index in [2.05, 4.69) is 44.1 Å². The number of aliphatic hydroxyl groups is 1. The Morgan fingerprint density at radius 1 is 1.16 bits per heavy atom. The number of halogens is 1. The summed E-state index contributed by atoms with van der Waals surface area (Å²) in [5, 5.41) is 23.1. The molecule has 2 aromatic rings. The van der Waals surface area contributed by atoms with Crippen LogP contribution in [-0.4, -0.2) is 30.2 Å². The molecule has 2 aliphatic rings. The van der Waals surface area contributed by atoms with E-state index in [1.165, 1.54) is 23.9 Å². The van der Waals surface area contributed by atoms with Crippen molar-refractivity contribution in [1.82, 2.24) is 4.98 Å². The molecule has 1 heterocycles. The third-order valence-electron chi connectivity index (χ3n) is 8.92. The highest BCUT2D eigenvalue weighted by atomic mass is 28.4. The lowest BCUT2D eigenvalue weighted by atomic mass is 9.65. The molecule has 1 aromatic carbocycles. The third-order valence-corrected chi connectivity index (χ3v) is 13.6.